The predicted molar refractivity (Wildman–Crippen MR) is 49.3 cm³/mol. The smallest absolute Gasteiger partial charge is 0.221 e. The van der Waals surface area contributed by atoms with Crippen molar-refractivity contribution in [2.75, 3.05) is 19.6 Å². The Balaban J connectivity index is 2.47. The maximum absolute atomic E-state index is 11.1. The van der Waals surface area contributed by atoms with Gasteiger partial charge in [-0.05, 0) is 13.8 Å². The first-order valence-electron chi connectivity index (χ1n) is 4.59. The Morgan fingerprint density at radius 2 is 2.38 bits per heavy atom. The summed E-state index contributed by atoms with van der Waals surface area (Å²) in [6, 6.07) is 0.148. The quantitative estimate of drug-likeness (QED) is 0.646. The fourth-order valence-electron chi connectivity index (χ4n) is 1.59. The number of ketones is 1. The van der Waals surface area contributed by atoms with Crippen LogP contribution in [0.4, 0.5) is 0 Å². The van der Waals surface area contributed by atoms with Crippen LogP contribution in [0.2, 0.25) is 0 Å². The number of amides is 1. The first kappa shape index (κ1) is 10.2. The molecule has 1 saturated heterocycles. The molecule has 1 atom stereocenters. The summed E-state index contributed by atoms with van der Waals surface area (Å²) >= 11 is 0. The molecule has 1 aliphatic heterocycles. The Labute approximate surface area is 78.3 Å². The largest absolute Gasteiger partial charge is 0.352 e. The molecule has 0 spiro atoms. The lowest BCUT2D eigenvalue weighted by Crippen LogP contribution is -2.38. The lowest BCUT2D eigenvalue weighted by Gasteiger charge is -2.19. The average Bonchev–Trinajstić information content (AvgIpc) is 2.11. The van der Waals surface area contributed by atoms with Gasteiger partial charge < -0.3 is 5.32 Å². The van der Waals surface area contributed by atoms with E-state index in [2.05, 4.69) is 5.32 Å². The van der Waals surface area contributed by atoms with Crippen LogP contribution in [0, 0.1) is 0 Å². The number of carbonyl (C=O) groups is 2. The van der Waals surface area contributed by atoms with Crippen molar-refractivity contribution in [3.05, 3.63) is 0 Å². The van der Waals surface area contributed by atoms with Crippen LogP contribution in [-0.2, 0) is 9.59 Å². The van der Waals surface area contributed by atoms with Crippen LogP contribution in [-0.4, -0.2) is 42.3 Å². The third-order valence-electron chi connectivity index (χ3n) is 2.04. The topological polar surface area (TPSA) is 49.4 Å². The molecule has 4 nitrogen and oxygen atoms in total. The molecule has 0 saturated carbocycles. The van der Waals surface area contributed by atoms with E-state index >= 15 is 0 Å². The Morgan fingerprint density at radius 1 is 1.69 bits per heavy atom. The maximum Gasteiger partial charge on any atom is 0.221 e. The zero-order chi connectivity index (χ0) is 9.84. The van der Waals surface area contributed by atoms with E-state index in [4.69, 9.17) is 0 Å². The summed E-state index contributed by atoms with van der Waals surface area (Å²) < 4.78 is 0. The van der Waals surface area contributed by atoms with Gasteiger partial charge in [-0.2, -0.15) is 0 Å². The van der Waals surface area contributed by atoms with Crippen molar-refractivity contribution in [3.8, 4) is 0 Å². The van der Waals surface area contributed by atoms with Gasteiger partial charge in [0, 0.05) is 25.6 Å². The first-order chi connectivity index (χ1) is 6.08. The lowest BCUT2D eigenvalue weighted by atomic mass is 10.3. The van der Waals surface area contributed by atoms with Crippen molar-refractivity contribution in [1.82, 2.24) is 10.2 Å². The highest BCUT2D eigenvalue weighted by atomic mass is 16.1. The van der Waals surface area contributed by atoms with Gasteiger partial charge >= 0.3 is 0 Å². The summed E-state index contributed by atoms with van der Waals surface area (Å²) in [5.41, 5.74) is 0. The minimum Gasteiger partial charge on any atom is -0.352 e. The van der Waals surface area contributed by atoms with Crippen molar-refractivity contribution in [2.45, 2.75) is 26.3 Å². The summed E-state index contributed by atoms with van der Waals surface area (Å²) in [4.78, 5) is 24.0. The Morgan fingerprint density at radius 3 is 3.00 bits per heavy atom. The summed E-state index contributed by atoms with van der Waals surface area (Å²) in [7, 11) is 0. The normalized spacial score (nSPS) is 25.1. The molecule has 13 heavy (non-hydrogen) atoms. The second kappa shape index (κ2) is 4.37. The average molecular weight is 184 g/mol. The fraction of sp³-hybridized carbons (Fsp3) is 0.778. The summed E-state index contributed by atoms with van der Waals surface area (Å²) in [5, 5.41) is 2.85. The molecule has 0 radical (unpaired) electrons. The Bertz CT molecular complexity index is 216. The van der Waals surface area contributed by atoms with Gasteiger partial charge in [0.1, 0.15) is 5.78 Å². The van der Waals surface area contributed by atoms with E-state index in [1.165, 1.54) is 0 Å². The highest BCUT2D eigenvalue weighted by molar-refractivity contribution is 5.78. The SMILES string of the molecule is CC(=O)CN1CCC(=O)NC(C)C1. The van der Waals surface area contributed by atoms with Crippen LogP contribution in [0.1, 0.15) is 20.3 Å². The van der Waals surface area contributed by atoms with Crippen molar-refractivity contribution < 1.29 is 9.59 Å². The van der Waals surface area contributed by atoms with Crippen LogP contribution in [0.3, 0.4) is 0 Å². The molecule has 0 bridgehead atoms. The molecule has 1 rings (SSSR count). The number of nitrogens with zero attached hydrogens (tertiary/aromatic N) is 1. The summed E-state index contributed by atoms with van der Waals surface area (Å²) in [5.74, 6) is 0.236. The fourth-order valence-corrected chi connectivity index (χ4v) is 1.59. The van der Waals surface area contributed by atoms with Gasteiger partial charge in [-0.3, -0.25) is 14.5 Å². The van der Waals surface area contributed by atoms with Gasteiger partial charge in [0.25, 0.3) is 0 Å². The summed E-state index contributed by atoms with van der Waals surface area (Å²) in [6.45, 7) is 5.45. The number of Topliss-reactive ketones (excluding diaryl/α,β-unsaturated/α-hetero) is 1. The monoisotopic (exact) mass is 184 g/mol. The number of nitrogens with one attached hydrogen (secondary N) is 1. The molecule has 4 heteroatoms. The van der Waals surface area contributed by atoms with Gasteiger partial charge in [-0.25, -0.2) is 0 Å². The van der Waals surface area contributed by atoms with Crippen LogP contribution in [0.25, 0.3) is 0 Å². The highest BCUT2D eigenvalue weighted by Gasteiger charge is 2.18. The van der Waals surface area contributed by atoms with Crippen molar-refractivity contribution >= 4 is 11.7 Å². The number of hydrogen-bond acceptors (Lipinski definition) is 3. The van der Waals surface area contributed by atoms with Crippen molar-refractivity contribution in [3.63, 3.8) is 0 Å². The van der Waals surface area contributed by atoms with E-state index < -0.39 is 0 Å². The molecule has 0 aromatic rings. The van der Waals surface area contributed by atoms with Gasteiger partial charge in [0.2, 0.25) is 5.91 Å². The first-order valence-corrected chi connectivity index (χ1v) is 4.59. The minimum absolute atomic E-state index is 0.0820. The standard InChI is InChI=1S/C9H16N2O2/c1-7-5-11(6-8(2)12)4-3-9(13)10-7/h7H,3-6H2,1-2H3,(H,10,13). The maximum atomic E-state index is 11.1. The van der Waals surface area contributed by atoms with E-state index in [1.54, 1.807) is 6.92 Å². The Hall–Kier alpha value is -0.900. The van der Waals surface area contributed by atoms with Crippen LogP contribution in [0.5, 0.6) is 0 Å². The van der Waals surface area contributed by atoms with E-state index in [-0.39, 0.29) is 17.7 Å². The molecule has 1 N–H and O–H groups in total. The number of hydrogen-bond donors (Lipinski definition) is 1. The molecule has 0 aromatic heterocycles. The molecular weight excluding hydrogens is 168 g/mol. The lowest BCUT2D eigenvalue weighted by molar-refractivity contribution is -0.121. The predicted octanol–water partition coefficient (Wildman–Crippen LogP) is -0.214. The Kier molecular flexibility index (Phi) is 3.42. The number of carbonyl (C=O) groups excluding carboxylic acids is 2. The second-order valence-corrected chi connectivity index (χ2v) is 3.66. The van der Waals surface area contributed by atoms with E-state index in [9.17, 15) is 9.59 Å². The zero-order valence-electron chi connectivity index (χ0n) is 8.17. The van der Waals surface area contributed by atoms with Crippen molar-refractivity contribution in [2.24, 2.45) is 0 Å². The molecule has 1 heterocycles. The molecule has 1 fully saturated rings. The van der Waals surface area contributed by atoms with Crippen LogP contribution >= 0.6 is 0 Å². The molecule has 1 unspecified atom stereocenters. The van der Waals surface area contributed by atoms with E-state index in [1.807, 2.05) is 11.8 Å². The zero-order valence-corrected chi connectivity index (χ0v) is 8.17. The third-order valence-corrected chi connectivity index (χ3v) is 2.04. The van der Waals surface area contributed by atoms with Gasteiger partial charge in [0.05, 0.1) is 6.54 Å². The van der Waals surface area contributed by atoms with Gasteiger partial charge in [0.15, 0.2) is 0 Å². The van der Waals surface area contributed by atoms with Crippen LogP contribution < -0.4 is 5.32 Å². The molecule has 0 aliphatic carbocycles. The van der Waals surface area contributed by atoms with E-state index in [0.717, 1.165) is 6.54 Å². The molecule has 74 valence electrons. The molecular formula is C9H16N2O2. The molecule has 1 aliphatic rings. The van der Waals surface area contributed by atoms with Crippen LogP contribution in [0.15, 0.2) is 0 Å². The second-order valence-electron chi connectivity index (χ2n) is 3.66. The third kappa shape index (κ3) is 3.55. The molecule has 0 aromatic carbocycles. The van der Waals surface area contributed by atoms with Gasteiger partial charge in [-0.15, -0.1) is 0 Å². The van der Waals surface area contributed by atoms with Gasteiger partial charge in [-0.1, -0.05) is 0 Å². The van der Waals surface area contributed by atoms with Crippen molar-refractivity contribution in [1.29, 1.82) is 0 Å². The molecule has 1 amide bonds. The number of rotatable bonds is 2. The highest BCUT2D eigenvalue weighted by Crippen LogP contribution is 2.00. The minimum atomic E-state index is 0.0820. The summed E-state index contributed by atoms with van der Waals surface area (Å²) in [6.07, 6.45) is 0.498. The van der Waals surface area contributed by atoms with E-state index in [0.29, 0.717) is 19.5 Å².